The van der Waals surface area contributed by atoms with Gasteiger partial charge in [-0.25, -0.2) is 4.79 Å². The minimum atomic E-state index is -0.0602. The van der Waals surface area contributed by atoms with Gasteiger partial charge in [-0.1, -0.05) is 0 Å². The Morgan fingerprint density at radius 3 is 2.48 bits per heavy atom. The number of amides is 3. The summed E-state index contributed by atoms with van der Waals surface area (Å²) in [5.74, 6) is 0.527. The van der Waals surface area contributed by atoms with Gasteiger partial charge < -0.3 is 15.1 Å². The van der Waals surface area contributed by atoms with Gasteiger partial charge in [0.2, 0.25) is 5.91 Å². The lowest BCUT2D eigenvalue weighted by Gasteiger charge is -2.24. The Kier molecular flexibility index (Phi) is 4.79. The maximum absolute atomic E-state index is 12.5. The fraction of sp³-hybridized carbons (Fsp3) is 0.588. The molecule has 124 valence electrons. The van der Waals surface area contributed by atoms with Crippen molar-refractivity contribution < 1.29 is 9.59 Å². The summed E-state index contributed by atoms with van der Waals surface area (Å²) in [6.07, 6.45) is 6.36. The van der Waals surface area contributed by atoms with Crippen molar-refractivity contribution in [2.24, 2.45) is 5.92 Å². The first kappa shape index (κ1) is 15.8. The molecule has 0 aromatic carbocycles. The maximum Gasteiger partial charge on any atom is 0.317 e. The molecule has 1 aromatic heterocycles. The average Bonchev–Trinajstić information content (AvgIpc) is 3.41. The number of urea groups is 1. The number of carbonyl (C=O) groups excluding carboxylic acids is 2. The Morgan fingerprint density at radius 2 is 1.78 bits per heavy atom. The maximum atomic E-state index is 12.5. The summed E-state index contributed by atoms with van der Waals surface area (Å²) in [7, 11) is 0. The van der Waals surface area contributed by atoms with Gasteiger partial charge in [-0.3, -0.25) is 9.78 Å². The third-order valence-electron chi connectivity index (χ3n) is 4.57. The topological polar surface area (TPSA) is 65.5 Å². The van der Waals surface area contributed by atoms with Gasteiger partial charge in [0.1, 0.15) is 0 Å². The summed E-state index contributed by atoms with van der Waals surface area (Å²) in [4.78, 5) is 32.3. The second-order valence-electron chi connectivity index (χ2n) is 6.39. The van der Waals surface area contributed by atoms with E-state index in [2.05, 4.69) is 10.3 Å². The van der Waals surface area contributed by atoms with Crippen molar-refractivity contribution in [1.82, 2.24) is 20.1 Å². The SMILES string of the molecule is CC(NC(=O)N1CCCN(C(=O)C2CC2)CC1)c1ccncc1. The minimum absolute atomic E-state index is 0.0575. The van der Waals surface area contributed by atoms with E-state index in [0.29, 0.717) is 19.6 Å². The number of aromatic nitrogens is 1. The van der Waals surface area contributed by atoms with Crippen molar-refractivity contribution in [3.05, 3.63) is 30.1 Å². The van der Waals surface area contributed by atoms with Gasteiger partial charge in [-0.15, -0.1) is 0 Å². The molecule has 1 N–H and O–H groups in total. The molecule has 3 rings (SSSR count). The van der Waals surface area contributed by atoms with Gasteiger partial charge >= 0.3 is 6.03 Å². The zero-order valence-corrected chi connectivity index (χ0v) is 13.6. The quantitative estimate of drug-likeness (QED) is 0.924. The molecule has 1 aliphatic heterocycles. The van der Waals surface area contributed by atoms with E-state index in [1.165, 1.54) is 0 Å². The number of rotatable bonds is 3. The van der Waals surface area contributed by atoms with Crippen LogP contribution in [0.15, 0.2) is 24.5 Å². The molecule has 1 aromatic rings. The van der Waals surface area contributed by atoms with E-state index < -0.39 is 0 Å². The largest absolute Gasteiger partial charge is 0.341 e. The molecule has 1 atom stereocenters. The predicted octanol–water partition coefficient (Wildman–Crippen LogP) is 1.80. The highest BCUT2D eigenvalue weighted by atomic mass is 16.2. The Morgan fingerprint density at radius 1 is 1.13 bits per heavy atom. The van der Waals surface area contributed by atoms with E-state index in [1.807, 2.05) is 28.9 Å². The van der Waals surface area contributed by atoms with E-state index in [1.54, 1.807) is 12.4 Å². The van der Waals surface area contributed by atoms with Crippen molar-refractivity contribution in [3.63, 3.8) is 0 Å². The van der Waals surface area contributed by atoms with Gasteiger partial charge in [0, 0.05) is 44.5 Å². The standard InChI is InChI=1S/C17H24N4O2/c1-13(14-5-7-18-8-6-14)19-17(23)21-10-2-9-20(11-12-21)16(22)15-3-4-15/h5-8,13,15H,2-4,9-12H2,1H3,(H,19,23). The number of carbonyl (C=O) groups is 2. The first-order valence-electron chi connectivity index (χ1n) is 8.39. The summed E-state index contributed by atoms with van der Waals surface area (Å²) >= 11 is 0. The summed E-state index contributed by atoms with van der Waals surface area (Å²) in [6.45, 7) is 4.68. The highest BCUT2D eigenvalue weighted by Gasteiger charge is 2.34. The third kappa shape index (κ3) is 4.00. The fourth-order valence-corrected chi connectivity index (χ4v) is 2.94. The molecule has 1 saturated heterocycles. The lowest BCUT2D eigenvalue weighted by Crippen LogP contribution is -2.43. The molecule has 0 bridgehead atoms. The number of hydrogen-bond acceptors (Lipinski definition) is 3. The molecule has 6 nitrogen and oxygen atoms in total. The molecule has 2 fully saturated rings. The van der Waals surface area contributed by atoms with E-state index in [0.717, 1.165) is 31.4 Å². The summed E-state index contributed by atoms with van der Waals surface area (Å²) in [5.41, 5.74) is 1.04. The molecule has 1 aliphatic carbocycles. The van der Waals surface area contributed by atoms with Crippen molar-refractivity contribution in [1.29, 1.82) is 0 Å². The molecule has 2 aliphatic rings. The van der Waals surface area contributed by atoms with Gasteiger partial charge in [-0.2, -0.15) is 0 Å². The van der Waals surface area contributed by atoms with Crippen LogP contribution in [-0.4, -0.2) is 52.9 Å². The van der Waals surface area contributed by atoms with Crippen LogP contribution in [0.5, 0.6) is 0 Å². The van der Waals surface area contributed by atoms with Gasteiger partial charge in [0.15, 0.2) is 0 Å². The van der Waals surface area contributed by atoms with E-state index in [4.69, 9.17) is 0 Å². The molecule has 1 unspecified atom stereocenters. The lowest BCUT2D eigenvalue weighted by molar-refractivity contribution is -0.132. The molecule has 0 radical (unpaired) electrons. The first-order valence-corrected chi connectivity index (χ1v) is 8.39. The molecular formula is C17H24N4O2. The summed E-state index contributed by atoms with van der Waals surface area (Å²) in [6, 6.07) is 3.69. The van der Waals surface area contributed by atoms with Gasteiger partial charge in [-0.05, 0) is 43.9 Å². The minimum Gasteiger partial charge on any atom is -0.341 e. The Hall–Kier alpha value is -2.11. The molecule has 2 heterocycles. The van der Waals surface area contributed by atoms with Crippen LogP contribution in [0.4, 0.5) is 4.79 Å². The van der Waals surface area contributed by atoms with Crippen LogP contribution < -0.4 is 5.32 Å². The summed E-state index contributed by atoms with van der Waals surface area (Å²) in [5, 5.41) is 3.03. The molecule has 3 amide bonds. The van der Waals surface area contributed by atoms with Crippen LogP contribution in [0.3, 0.4) is 0 Å². The summed E-state index contributed by atoms with van der Waals surface area (Å²) < 4.78 is 0. The molecular weight excluding hydrogens is 292 g/mol. The Labute approximate surface area is 136 Å². The normalized spacial score (nSPS) is 19.9. The smallest absolute Gasteiger partial charge is 0.317 e. The zero-order valence-electron chi connectivity index (χ0n) is 13.6. The van der Waals surface area contributed by atoms with Crippen molar-refractivity contribution in [2.45, 2.75) is 32.2 Å². The fourth-order valence-electron chi connectivity index (χ4n) is 2.94. The average molecular weight is 316 g/mol. The van der Waals surface area contributed by atoms with Crippen LogP contribution in [-0.2, 0) is 4.79 Å². The Balaban J connectivity index is 1.52. The van der Waals surface area contributed by atoms with E-state index in [9.17, 15) is 9.59 Å². The monoisotopic (exact) mass is 316 g/mol. The highest BCUT2D eigenvalue weighted by molar-refractivity contribution is 5.81. The zero-order chi connectivity index (χ0) is 16.2. The molecule has 23 heavy (non-hydrogen) atoms. The molecule has 0 spiro atoms. The number of nitrogens with one attached hydrogen (secondary N) is 1. The van der Waals surface area contributed by atoms with Crippen LogP contribution in [0.25, 0.3) is 0 Å². The lowest BCUT2D eigenvalue weighted by atomic mass is 10.1. The number of nitrogens with zero attached hydrogens (tertiary/aromatic N) is 3. The van der Waals surface area contributed by atoms with Crippen LogP contribution in [0.1, 0.15) is 37.8 Å². The second-order valence-corrected chi connectivity index (χ2v) is 6.39. The number of pyridine rings is 1. The number of hydrogen-bond donors (Lipinski definition) is 1. The van der Waals surface area contributed by atoms with Crippen LogP contribution >= 0.6 is 0 Å². The second kappa shape index (κ2) is 6.98. The van der Waals surface area contributed by atoms with Crippen LogP contribution in [0, 0.1) is 5.92 Å². The first-order chi connectivity index (χ1) is 11.1. The predicted molar refractivity (Wildman–Crippen MR) is 86.7 cm³/mol. The van der Waals surface area contributed by atoms with Gasteiger partial charge in [0.25, 0.3) is 0 Å². The van der Waals surface area contributed by atoms with E-state index in [-0.39, 0.29) is 23.9 Å². The van der Waals surface area contributed by atoms with Crippen molar-refractivity contribution in [2.75, 3.05) is 26.2 Å². The van der Waals surface area contributed by atoms with Crippen molar-refractivity contribution in [3.8, 4) is 0 Å². The molecule has 6 heteroatoms. The van der Waals surface area contributed by atoms with Gasteiger partial charge in [0.05, 0.1) is 6.04 Å². The van der Waals surface area contributed by atoms with Crippen LogP contribution in [0.2, 0.25) is 0 Å². The molecule has 1 saturated carbocycles. The van der Waals surface area contributed by atoms with Crippen molar-refractivity contribution >= 4 is 11.9 Å². The van der Waals surface area contributed by atoms with E-state index >= 15 is 0 Å². The highest BCUT2D eigenvalue weighted by Crippen LogP contribution is 2.31. The third-order valence-corrected chi connectivity index (χ3v) is 4.57. The Bertz CT molecular complexity index is 559.